The van der Waals surface area contributed by atoms with Crippen molar-refractivity contribution in [3.05, 3.63) is 30.5 Å². The molecule has 0 aliphatic carbocycles. The molecule has 1 aromatic heterocycles. The third-order valence-electron chi connectivity index (χ3n) is 4.23. The van der Waals surface area contributed by atoms with Crippen molar-refractivity contribution in [2.75, 3.05) is 18.0 Å². The third kappa shape index (κ3) is 2.09. The first-order chi connectivity index (χ1) is 9.60. The number of aromatic nitrogens is 2. The monoisotopic (exact) mass is 271 g/mol. The molecule has 1 aliphatic heterocycles. The Labute approximate surface area is 117 Å². The van der Waals surface area contributed by atoms with E-state index in [1.54, 1.807) is 6.20 Å². The first-order valence-electron chi connectivity index (χ1n) is 6.79. The predicted octanol–water partition coefficient (Wildman–Crippen LogP) is 2.32. The van der Waals surface area contributed by atoms with Crippen LogP contribution in [-0.2, 0) is 4.79 Å². The van der Waals surface area contributed by atoms with Crippen LogP contribution in [0.3, 0.4) is 0 Å². The second-order valence-corrected chi connectivity index (χ2v) is 5.61. The lowest BCUT2D eigenvalue weighted by molar-refractivity contribution is -0.149. The number of hydrogen-bond donors (Lipinski definition) is 1. The molecule has 2 heterocycles. The number of rotatable bonds is 2. The Morgan fingerprint density at radius 2 is 2.00 bits per heavy atom. The van der Waals surface area contributed by atoms with E-state index in [0.717, 1.165) is 16.6 Å². The van der Waals surface area contributed by atoms with Gasteiger partial charge in [0.05, 0.1) is 11.6 Å². The van der Waals surface area contributed by atoms with E-state index in [9.17, 15) is 9.90 Å². The molecule has 1 fully saturated rings. The zero-order valence-electron chi connectivity index (χ0n) is 11.4. The highest BCUT2D eigenvalue weighted by molar-refractivity contribution is 5.91. The zero-order valence-corrected chi connectivity index (χ0v) is 11.4. The first kappa shape index (κ1) is 12.8. The van der Waals surface area contributed by atoms with Crippen LogP contribution in [-0.4, -0.2) is 34.4 Å². The minimum absolute atomic E-state index is 0.617. The van der Waals surface area contributed by atoms with Gasteiger partial charge in [-0.05, 0) is 19.8 Å². The van der Waals surface area contributed by atoms with Crippen molar-refractivity contribution in [2.45, 2.75) is 19.8 Å². The number of fused-ring (bicyclic) bond motifs is 1. The molecule has 5 heteroatoms. The summed E-state index contributed by atoms with van der Waals surface area (Å²) in [6.07, 6.45) is 3.02. The normalized spacial score (nSPS) is 18.1. The number of carboxylic acid groups (broad SMARTS) is 1. The Hall–Kier alpha value is -2.17. The summed E-state index contributed by atoms with van der Waals surface area (Å²) in [5.41, 5.74) is -0.617. The van der Waals surface area contributed by atoms with Crippen LogP contribution in [0.1, 0.15) is 19.8 Å². The number of nitrogens with zero attached hydrogens (tertiary/aromatic N) is 3. The van der Waals surface area contributed by atoms with E-state index >= 15 is 0 Å². The van der Waals surface area contributed by atoms with Crippen LogP contribution in [0, 0.1) is 5.41 Å². The fourth-order valence-electron chi connectivity index (χ4n) is 2.67. The Morgan fingerprint density at radius 1 is 1.30 bits per heavy atom. The topological polar surface area (TPSA) is 66.3 Å². The van der Waals surface area contributed by atoms with Crippen molar-refractivity contribution < 1.29 is 9.90 Å². The molecule has 1 saturated heterocycles. The molecule has 0 atom stereocenters. The van der Waals surface area contributed by atoms with Gasteiger partial charge in [-0.2, -0.15) is 5.10 Å². The van der Waals surface area contributed by atoms with Crippen LogP contribution in [0.15, 0.2) is 30.5 Å². The summed E-state index contributed by atoms with van der Waals surface area (Å²) in [7, 11) is 0. The van der Waals surface area contributed by atoms with Gasteiger partial charge in [0.2, 0.25) is 0 Å². The summed E-state index contributed by atoms with van der Waals surface area (Å²) in [6, 6.07) is 8.01. The Balaban J connectivity index is 1.89. The number of benzene rings is 1. The fraction of sp³-hybridized carbons (Fsp3) is 0.400. The minimum atomic E-state index is -0.707. The van der Waals surface area contributed by atoms with Gasteiger partial charge in [-0.3, -0.25) is 4.79 Å². The van der Waals surface area contributed by atoms with E-state index in [0.29, 0.717) is 25.9 Å². The number of carboxylic acids is 1. The quantitative estimate of drug-likeness (QED) is 0.908. The molecule has 5 nitrogen and oxygen atoms in total. The summed E-state index contributed by atoms with van der Waals surface area (Å²) in [4.78, 5) is 13.4. The largest absolute Gasteiger partial charge is 0.481 e. The highest BCUT2D eigenvalue weighted by Gasteiger charge is 2.37. The molecule has 0 unspecified atom stereocenters. The second kappa shape index (κ2) is 4.74. The molecule has 2 aromatic rings. The van der Waals surface area contributed by atoms with E-state index in [2.05, 4.69) is 15.1 Å². The maximum absolute atomic E-state index is 11.3. The lowest BCUT2D eigenvalue weighted by Gasteiger charge is -2.37. The van der Waals surface area contributed by atoms with Crippen molar-refractivity contribution in [3.63, 3.8) is 0 Å². The molecule has 1 aliphatic rings. The summed E-state index contributed by atoms with van der Waals surface area (Å²) >= 11 is 0. The van der Waals surface area contributed by atoms with Crippen molar-refractivity contribution in [3.8, 4) is 0 Å². The Bertz CT molecular complexity index is 643. The summed E-state index contributed by atoms with van der Waals surface area (Å²) in [5.74, 6) is 0.150. The lowest BCUT2D eigenvalue weighted by atomic mass is 9.80. The first-order valence-corrected chi connectivity index (χ1v) is 6.79. The summed E-state index contributed by atoms with van der Waals surface area (Å²) < 4.78 is 0. The smallest absolute Gasteiger partial charge is 0.309 e. The highest BCUT2D eigenvalue weighted by atomic mass is 16.4. The van der Waals surface area contributed by atoms with Crippen LogP contribution >= 0.6 is 0 Å². The minimum Gasteiger partial charge on any atom is -0.481 e. The van der Waals surface area contributed by atoms with Crippen LogP contribution in [0.5, 0.6) is 0 Å². The number of anilines is 1. The molecular formula is C15H17N3O2. The van der Waals surface area contributed by atoms with Crippen LogP contribution < -0.4 is 4.90 Å². The van der Waals surface area contributed by atoms with E-state index in [-0.39, 0.29) is 0 Å². The zero-order chi connectivity index (χ0) is 14.2. The molecule has 0 radical (unpaired) electrons. The van der Waals surface area contributed by atoms with Gasteiger partial charge in [-0.1, -0.05) is 24.3 Å². The summed E-state index contributed by atoms with van der Waals surface area (Å²) in [5, 5.41) is 19.7. The van der Waals surface area contributed by atoms with Gasteiger partial charge in [0, 0.05) is 23.9 Å². The number of piperidine rings is 1. The Kier molecular flexibility index (Phi) is 3.04. The van der Waals surface area contributed by atoms with Gasteiger partial charge in [0.25, 0.3) is 0 Å². The molecule has 0 bridgehead atoms. The van der Waals surface area contributed by atoms with Gasteiger partial charge in [-0.15, -0.1) is 5.10 Å². The van der Waals surface area contributed by atoms with Gasteiger partial charge in [-0.25, -0.2) is 0 Å². The molecule has 0 amide bonds. The van der Waals surface area contributed by atoms with E-state index in [1.165, 1.54) is 0 Å². The average Bonchev–Trinajstić information content (AvgIpc) is 2.47. The highest BCUT2D eigenvalue weighted by Crippen LogP contribution is 2.34. The molecule has 3 rings (SSSR count). The van der Waals surface area contributed by atoms with Gasteiger partial charge < -0.3 is 10.0 Å². The maximum atomic E-state index is 11.3. The maximum Gasteiger partial charge on any atom is 0.309 e. The van der Waals surface area contributed by atoms with Gasteiger partial charge in [0.15, 0.2) is 5.82 Å². The van der Waals surface area contributed by atoms with Gasteiger partial charge in [0.1, 0.15) is 0 Å². The van der Waals surface area contributed by atoms with Crippen molar-refractivity contribution in [1.82, 2.24) is 10.2 Å². The molecule has 0 saturated carbocycles. The average molecular weight is 271 g/mol. The van der Waals surface area contributed by atoms with Crippen molar-refractivity contribution >= 4 is 22.6 Å². The molecule has 104 valence electrons. The Morgan fingerprint density at radius 3 is 2.70 bits per heavy atom. The van der Waals surface area contributed by atoms with Crippen LogP contribution in [0.4, 0.5) is 5.82 Å². The van der Waals surface area contributed by atoms with Gasteiger partial charge >= 0.3 is 5.97 Å². The van der Waals surface area contributed by atoms with E-state index in [1.807, 2.05) is 31.2 Å². The van der Waals surface area contributed by atoms with E-state index < -0.39 is 11.4 Å². The van der Waals surface area contributed by atoms with Crippen molar-refractivity contribution in [1.29, 1.82) is 0 Å². The number of hydrogen-bond acceptors (Lipinski definition) is 4. The van der Waals surface area contributed by atoms with Crippen molar-refractivity contribution in [2.24, 2.45) is 5.41 Å². The molecular weight excluding hydrogens is 254 g/mol. The molecule has 20 heavy (non-hydrogen) atoms. The number of carbonyl (C=O) groups is 1. The molecule has 0 spiro atoms. The lowest BCUT2D eigenvalue weighted by Crippen LogP contribution is -2.43. The summed E-state index contributed by atoms with van der Waals surface area (Å²) in [6.45, 7) is 3.22. The van der Waals surface area contributed by atoms with Crippen LogP contribution in [0.25, 0.3) is 10.8 Å². The number of aliphatic carboxylic acids is 1. The predicted molar refractivity (Wildman–Crippen MR) is 76.7 cm³/mol. The third-order valence-corrected chi connectivity index (χ3v) is 4.23. The fourth-order valence-corrected chi connectivity index (χ4v) is 2.67. The molecule has 1 N–H and O–H groups in total. The van der Waals surface area contributed by atoms with E-state index in [4.69, 9.17) is 0 Å². The standard InChI is InChI=1S/C15H17N3O2/c1-15(14(19)20)6-8-18(9-7-15)13-12-5-3-2-4-11(12)10-16-17-13/h2-5,10H,6-9H2,1H3,(H,19,20). The SMILES string of the molecule is CC1(C(=O)O)CCN(c2nncc3ccccc23)CC1. The van der Waals surface area contributed by atoms with Crippen LogP contribution in [0.2, 0.25) is 0 Å². The molecule has 1 aromatic carbocycles. The second-order valence-electron chi connectivity index (χ2n) is 5.61.